The number of carbonyl (C=O) groups excluding carboxylic acids is 2. The SMILES string of the molecule is CC(C)CC(NC(=O)C(CC(C)(C)C)NC(=O)OCC1c2ccccc2-c2ccccc21)C(=O)O. The van der Waals surface area contributed by atoms with Crippen LogP contribution in [0.15, 0.2) is 48.5 Å². The minimum Gasteiger partial charge on any atom is -0.480 e. The van der Waals surface area contributed by atoms with E-state index >= 15 is 0 Å². The third-order valence-corrected chi connectivity index (χ3v) is 6.09. The number of amides is 2. The van der Waals surface area contributed by atoms with Crippen molar-refractivity contribution in [1.82, 2.24) is 10.6 Å². The first-order valence-corrected chi connectivity index (χ1v) is 12.1. The zero-order valence-corrected chi connectivity index (χ0v) is 21.1. The van der Waals surface area contributed by atoms with Gasteiger partial charge >= 0.3 is 12.1 Å². The van der Waals surface area contributed by atoms with E-state index in [0.29, 0.717) is 12.8 Å². The summed E-state index contributed by atoms with van der Waals surface area (Å²) in [5.41, 5.74) is 4.18. The van der Waals surface area contributed by atoms with Crippen molar-refractivity contribution in [2.75, 3.05) is 6.61 Å². The standard InChI is InChI=1S/C28H36N2O5/c1-17(2)14-23(26(32)33)29-25(31)24(15-28(3,4)5)30-27(34)35-16-22-20-12-8-6-10-18(20)19-11-7-9-13-21(19)22/h6-13,17,22-24H,14-16H2,1-5H3,(H,29,31)(H,30,34)(H,32,33). The Morgan fingerprint density at radius 1 is 0.914 bits per heavy atom. The third-order valence-electron chi connectivity index (χ3n) is 6.09. The summed E-state index contributed by atoms with van der Waals surface area (Å²) < 4.78 is 5.61. The van der Waals surface area contributed by atoms with Crippen LogP contribution in [0.1, 0.15) is 64.5 Å². The molecule has 2 aromatic carbocycles. The molecule has 0 bridgehead atoms. The highest BCUT2D eigenvalue weighted by molar-refractivity contribution is 5.89. The van der Waals surface area contributed by atoms with E-state index in [4.69, 9.17) is 4.74 Å². The number of hydrogen-bond donors (Lipinski definition) is 3. The average molecular weight is 481 g/mol. The molecule has 0 aromatic heterocycles. The number of fused-ring (bicyclic) bond motifs is 3. The minimum absolute atomic E-state index is 0.0903. The van der Waals surface area contributed by atoms with Crippen LogP contribution >= 0.6 is 0 Å². The summed E-state index contributed by atoms with van der Waals surface area (Å²) >= 11 is 0. The summed E-state index contributed by atoms with van der Waals surface area (Å²) in [6.07, 6.45) is -0.0716. The van der Waals surface area contributed by atoms with Crippen molar-refractivity contribution in [2.24, 2.45) is 11.3 Å². The number of carbonyl (C=O) groups is 3. The molecule has 7 heteroatoms. The Morgan fingerprint density at radius 3 is 1.94 bits per heavy atom. The van der Waals surface area contributed by atoms with Gasteiger partial charge in [0.15, 0.2) is 0 Å². The van der Waals surface area contributed by atoms with Crippen molar-refractivity contribution in [1.29, 1.82) is 0 Å². The average Bonchev–Trinajstić information content (AvgIpc) is 3.09. The molecule has 1 aliphatic rings. The number of rotatable bonds is 9. The Bertz CT molecular complexity index is 1030. The summed E-state index contributed by atoms with van der Waals surface area (Å²) in [5.74, 6) is -1.62. The highest BCUT2D eigenvalue weighted by Crippen LogP contribution is 2.44. The quantitative estimate of drug-likeness (QED) is 0.471. The fourth-order valence-electron chi connectivity index (χ4n) is 4.57. The molecule has 2 atom stereocenters. The summed E-state index contributed by atoms with van der Waals surface area (Å²) in [6, 6.07) is 14.2. The van der Waals surface area contributed by atoms with Gasteiger partial charge in [-0.15, -0.1) is 0 Å². The lowest BCUT2D eigenvalue weighted by molar-refractivity contribution is -0.142. The highest BCUT2D eigenvalue weighted by atomic mass is 16.5. The molecule has 188 valence electrons. The number of aliphatic carboxylic acids is 1. The van der Waals surface area contributed by atoms with E-state index in [9.17, 15) is 19.5 Å². The summed E-state index contributed by atoms with van der Waals surface area (Å²) in [6.45, 7) is 9.78. The fraction of sp³-hybridized carbons (Fsp3) is 0.464. The predicted molar refractivity (Wildman–Crippen MR) is 135 cm³/mol. The Kier molecular flexibility index (Phi) is 8.20. The normalized spacial score (nSPS) is 14.6. The van der Waals surface area contributed by atoms with Crippen molar-refractivity contribution in [2.45, 2.75) is 65.5 Å². The molecule has 1 aliphatic carbocycles. The van der Waals surface area contributed by atoms with Gasteiger partial charge in [0.05, 0.1) is 0 Å². The van der Waals surface area contributed by atoms with Crippen LogP contribution in [0.5, 0.6) is 0 Å². The maximum atomic E-state index is 13.0. The van der Waals surface area contributed by atoms with Crippen molar-refractivity contribution >= 4 is 18.0 Å². The number of hydrogen-bond acceptors (Lipinski definition) is 4. The minimum atomic E-state index is -1.09. The van der Waals surface area contributed by atoms with Gasteiger partial charge in [-0.3, -0.25) is 4.79 Å². The fourth-order valence-corrected chi connectivity index (χ4v) is 4.57. The van der Waals surface area contributed by atoms with Gasteiger partial charge in [-0.25, -0.2) is 9.59 Å². The first-order valence-electron chi connectivity index (χ1n) is 12.1. The second-order valence-corrected chi connectivity index (χ2v) is 10.8. The Hall–Kier alpha value is -3.35. The van der Waals surface area contributed by atoms with Crippen LogP contribution < -0.4 is 10.6 Å². The first kappa shape index (κ1) is 26.3. The molecule has 2 aromatic rings. The number of nitrogens with one attached hydrogen (secondary N) is 2. The van der Waals surface area contributed by atoms with Crippen molar-refractivity contribution in [3.63, 3.8) is 0 Å². The van der Waals surface area contributed by atoms with Crippen LogP contribution in [0.25, 0.3) is 11.1 Å². The molecular formula is C28H36N2O5. The van der Waals surface area contributed by atoms with Gasteiger partial charge in [0.1, 0.15) is 18.7 Å². The lowest BCUT2D eigenvalue weighted by Gasteiger charge is -2.27. The van der Waals surface area contributed by atoms with Crippen LogP contribution in [0.3, 0.4) is 0 Å². The van der Waals surface area contributed by atoms with Gasteiger partial charge in [-0.1, -0.05) is 83.1 Å². The van der Waals surface area contributed by atoms with E-state index in [1.165, 1.54) is 0 Å². The van der Waals surface area contributed by atoms with E-state index < -0.39 is 30.1 Å². The summed E-state index contributed by atoms with van der Waals surface area (Å²) in [4.78, 5) is 37.4. The zero-order valence-electron chi connectivity index (χ0n) is 21.1. The summed E-state index contributed by atoms with van der Waals surface area (Å²) in [5, 5.41) is 14.8. The number of benzene rings is 2. The highest BCUT2D eigenvalue weighted by Gasteiger charge is 2.32. The number of ether oxygens (including phenoxy) is 1. The van der Waals surface area contributed by atoms with Gasteiger partial charge in [0.25, 0.3) is 0 Å². The lowest BCUT2D eigenvalue weighted by Crippen LogP contribution is -2.53. The van der Waals surface area contributed by atoms with E-state index in [1.807, 2.05) is 71.0 Å². The number of carboxylic acids is 1. The molecule has 0 heterocycles. The second-order valence-electron chi connectivity index (χ2n) is 10.8. The molecule has 35 heavy (non-hydrogen) atoms. The van der Waals surface area contributed by atoms with Gasteiger partial charge in [0.2, 0.25) is 5.91 Å². The van der Waals surface area contributed by atoms with Gasteiger partial charge in [-0.2, -0.15) is 0 Å². The van der Waals surface area contributed by atoms with E-state index in [2.05, 4.69) is 22.8 Å². The maximum absolute atomic E-state index is 13.0. The molecule has 2 unspecified atom stereocenters. The number of carboxylic acid groups (broad SMARTS) is 1. The van der Waals surface area contributed by atoms with Crippen LogP contribution in [-0.4, -0.2) is 41.8 Å². The molecule has 7 nitrogen and oxygen atoms in total. The maximum Gasteiger partial charge on any atom is 0.407 e. The number of alkyl carbamates (subject to hydrolysis) is 1. The van der Waals surface area contributed by atoms with Crippen LogP contribution in [0.2, 0.25) is 0 Å². The van der Waals surface area contributed by atoms with Crippen LogP contribution in [0, 0.1) is 11.3 Å². The smallest absolute Gasteiger partial charge is 0.407 e. The molecule has 0 saturated heterocycles. The van der Waals surface area contributed by atoms with Crippen molar-refractivity contribution < 1.29 is 24.2 Å². The molecule has 0 aliphatic heterocycles. The van der Waals surface area contributed by atoms with Crippen molar-refractivity contribution in [3.05, 3.63) is 59.7 Å². The predicted octanol–water partition coefficient (Wildman–Crippen LogP) is 4.95. The summed E-state index contributed by atoms with van der Waals surface area (Å²) in [7, 11) is 0. The van der Waals surface area contributed by atoms with Crippen molar-refractivity contribution in [3.8, 4) is 11.1 Å². The van der Waals surface area contributed by atoms with E-state index in [0.717, 1.165) is 22.3 Å². The zero-order chi connectivity index (χ0) is 25.8. The molecule has 0 radical (unpaired) electrons. The van der Waals surface area contributed by atoms with Gasteiger partial charge < -0.3 is 20.5 Å². The Labute approximate surface area is 207 Å². The topological polar surface area (TPSA) is 105 Å². The second kappa shape index (κ2) is 10.9. The lowest BCUT2D eigenvalue weighted by atomic mass is 9.87. The largest absolute Gasteiger partial charge is 0.480 e. The molecule has 0 fully saturated rings. The molecule has 3 N–H and O–H groups in total. The first-order chi connectivity index (χ1) is 16.5. The molecular weight excluding hydrogens is 444 g/mol. The van der Waals surface area contributed by atoms with Gasteiger partial charge in [-0.05, 0) is 46.4 Å². The third kappa shape index (κ3) is 6.84. The molecule has 0 saturated carbocycles. The molecule has 3 rings (SSSR count). The Balaban J connectivity index is 1.69. The van der Waals surface area contributed by atoms with Crippen LogP contribution in [0.4, 0.5) is 4.79 Å². The van der Waals surface area contributed by atoms with E-state index in [1.54, 1.807) is 0 Å². The van der Waals surface area contributed by atoms with Gasteiger partial charge in [0, 0.05) is 5.92 Å². The van der Waals surface area contributed by atoms with Crippen LogP contribution in [-0.2, 0) is 14.3 Å². The molecule has 2 amide bonds. The Morgan fingerprint density at radius 2 is 1.46 bits per heavy atom. The van der Waals surface area contributed by atoms with E-state index in [-0.39, 0.29) is 23.9 Å². The monoisotopic (exact) mass is 480 g/mol. The molecule has 0 spiro atoms.